The molecule has 1 heterocycles. The molecule has 0 fully saturated rings. The van der Waals surface area contributed by atoms with E-state index in [4.69, 9.17) is 16.3 Å². The number of benzene rings is 1. The summed E-state index contributed by atoms with van der Waals surface area (Å²) in [5.41, 5.74) is 1.12. The molecule has 4 heteroatoms. The van der Waals surface area contributed by atoms with Crippen LogP contribution in [0.1, 0.15) is 35.2 Å². The van der Waals surface area contributed by atoms with Crippen molar-refractivity contribution in [3.63, 3.8) is 0 Å². The molecule has 0 amide bonds. The van der Waals surface area contributed by atoms with E-state index in [1.165, 1.54) is 9.75 Å². The van der Waals surface area contributed by atoms with Crippen molar-refractivity contribution < 1.29 is 4.74 Å². The number of ether oxygens (including phenoxy) is 1. The van der Waals surface area contributed by atoms with E-state index in [1.807, 2.05) is 29.5 Å². The molecule has 0 aliphatic rings. The third kappa shape index (κ3) is 4.22. The van der Waals surface area contributed by atoms with Crippen LogP contribution in [0.3, 0.4) is 0 Å². The lowest BCUT2D eigenvalue weighted by Crippen LogP contribution is -2.23. The zero-order valence-electron chi connectivity index (χ0n) is 12.8. The molecule has 0 radical (unpaired) electrons. The number of nitrogens with one attached hydrogen (secondary N) is 1. The zero-order valence-corrected chi connectivity index (χ0v) is 14.4. The normalized spacial score (nSPS) is 12.4. The largest absolute Gasteiger partial charge is 0.496 e. The number of aryl methyl sites for hydroxylation is 1. The molecule has 2 aromatic rings. The Kier molecular flexibility index (Phi) is 6.09. The number of likely N-dealkylation sites (N-methyl/N-ethyl adjacent to an activating group) is 1. The summed E-state index contributed by atoms with van der Waals surface area (Å²) in [5.74, 6) is 0.887. The number of methoxy groups -OCH3 is 1. The fourth-order valence-electron chi connectivity index (χ4n) is 2.44. The number of hydrogen-bond donors (Lipinski definition) is 1. The standard InChI is InChI=1S/C17H22ClNOS/c1-4-13-7-8-14(21-13)11-16(19-5-2)15-10-12(18)6-9-17(15)20-3/h6-10,16,19H,4-5,11H2,1-3H3. The number of halogens is 1. The highest BCUT2D eigenvalue weighted by Crippen LogP contribution is 2.32. The summed E-state index contributed by atoms with van der Waals surface area (Å²) in [4.78, 5) is 2.82. The van der Waals surface area contributed by atoms with Gasteiger partial charge in [0.05, 0.1) is 7.11 Å². The average molecular weight is 324 g/mol. The Balaban J connectivity index is 2.27. The fourth-order valence-corrected chi connectivity index (χ4v) is 3.62. The van der Waals surface area contributed by atoms with Gasteiger partial charge in [0.1, 0.15) is 5.75 Å². The van der Waals surface area contributed by atoms with Crippen molar-refractivity contribution in [1.29, 1.82) is 0 Å². The summed E-state index contributed by atoms with van der Waals surface area (Å²) in [6.45, 7) is 5.22. The average Bonchev–Trinajstić information content (AvgIpc) is 2.94. The monoisotopic (exact) mass is 323 g/mol. The Labute approximate surface area is 136 Å². The maximum Gasteiger partial charge on any atom is 0.123 e. The molecule has 0 saturated heterocycles. The molecule has 1 atom stereocenters. The molecular formula is C17H22ClNOS. The minimum atomic E-state index is 0.215. The van der Waals surface area contributed by atoms with Gasteiger partial charge in [-0.3, -0.25) is 0 Å². The molecule has 1 unspecified atom stereocenters. The second kappa shape index (κ2) is 7.83. The van der Waals surface area contributed by atoms with E-state index < -0.39 is 0 Å². The van der Waals surface area contributed by atoms with Crippen molar-refractivity contribution in [2.75, 3.05) is 13.7 Å². The van der Waals surface area contributed by atoms with Gasteiger partial charge in [0.25, 0.3) is 0 Å². The van der Waals surface area contributed by atoms with E-state index in [0.29, 0.717) is 0 Å². The summed E-state index contributed by atoms with van der Waals surface area (Å²) in [6, 6.07) is 10.5. The maximum atomic E-state index is 6.17. The summed E-state index contributed by atoms with van der Waals surface area (Å²) < 4.78 is 5.50. The summed E-state index contributed by atoms with van der Waals surface area (Å²) in [7, 11) is 1.70. The summed E-state index contributed by atoms with van der Waals surface area (Å²) >= 11 is 8.05. The third-order valence-electron chi connectivity index (χ3n) is 3.49. The van der Waals surface area contributed by atoms with Gasteiger partial charge < -0.3 is 10.1 Å². The third-order valence-corrected chi connectivity index (χ3v) is 4.98. The van der Waals surface area contributed by atoms with Crippen LogP contribution in [0.5, 0.6) is 5.75 Å². The van der Waals surface area contributed by atoms with Crippen molar-refractivity contribution in [2.24, 2.45) is 0 Å². The number of rotatable bonds is 7. The lowest BCUT2D eigenvalue weighted by molar-refractivity contribution is 0.399. The van der Waals surface area contributed by atoms with Crippen molar-refractivity contribution in [3.05, 3.63) is 50.7 Å². The Bertz CT molecular complexity index is 582. The molecule has 0 aliphatic heterocycles. The van der Waals surface area contributed by atoms with E-state index in [2.05, 4.69) is 31.3 Å². The SMILES string of the molecule is CCNC(Cc1ccc(CC)s1)c1cc(Cl)ccc1OC. The minimum absolute atomic E-state index is 0.215. The first-order valence-corrected chi connectivity index (χ1v) is 8.51. The fraction of sp³-hybridized carbons (Fsp3) is 0.412. The van der Waals surface area contributed by atoms with Crippen LogP contribution in [0.15, 0.2) is 30.3 Å². The van der Waals surface area contributed by atoms with Crippen LogP contribution in [-0.2, 0) is 12.8 Å². The van der Waals surface area contributed by atoms with E-state index in [1.54, 1.807) is 7.11 Å². The van der Waals surface area contributed by atoms with Crippen molar-refractivity contribution >= 4 is 22.9 Å². The smallest absolute Gasteiger partial charge is 0.123 e. The van der Waals surface area contributed by atoms with Crippen molar-refractivity contribution in [3.8, 4) is 5.75 Å². The van der Waals surface area contributed by atoms with Gasteiger partial charge in [-0.15, -0.1) is 11.3 Å². The van der Waals surface area contributed by atoms with E-state index in [-0.39, 0.29) is 6.04 Å². The molecule has 0 spiro atoms. The van der Waals surface area contributed by atoms with E-state index >= 15 is 0 Å². The molecule has 1 aromatic heterocycles. The van der Waals surface area contributed by atoms with E-state index in [0.717, 1.165) is 35.7 Å². The first-order chi connectivity index (χ1) is 10.2. The van der Waals surface area contributed by atoms with Crippen LogP contribution in [-0.4, -0.2) is 13.7 Å². The van der Waals surface area contributed by atoms with Gasteiger partial charge in [0, 0.05) is 32.8 Å². The topological polar surface area (TPSA) is 21.3 Å². The number of thiophene rings is 1. The van der Waals surface area contributed by atoms with Crippen LogP contribution < -0.4 is 10.1 Å². The van der Waals surface area contributed by atoms with Gasteiger partial charge in [-0.25, -0.2) is 0 Å². The highest BCUT2D eigenvalue weighted by atomic mass is 35.5. The molecule has 0 aliphatic carbocycles. The van der Waals surface area contributed by atoms with Crippen LogP contribution in [0.4, 0.5) is 0 Å². The number of hydrogen-bond acceptors (Lipinski definition) is 3. The highest BCUT2D eigenvalue weighted by Gasteiger charge is 2.17. The molecular weight excluding hydrogens is 302 g/mol. The Morgan fingerprint density at radius 3 is 2.57 bits per heavy atom. The van der Waals surface area contributed by atoms with Crippen molar-refractivity contribution in [2.45, 2.75) is 32.7 Å². The maximum absolute atomic E-state index is 6.17. The molecule has 1 aromatic carbocycles. The predicted octanol–water partition coefficient (Wildman–Crippen LogP) is 4.87. The Morgan fingerprint density at radius 1 is 1.19 bits per heavy atom. The lowest BCUT2D eigenvalue weighted by Gasteiger charge is -2.20. The Morgan fingerprint density at radius 2 is 1.95 bits per heavy atom. The highest BCUT2D eigenvalue weighted by molar-refractivity contribution is 7.11. The predicted molar refractivity (Wildman–Crippen MR) is 91.8 cm³/mol. The van der Waals surface area contributed by atoms with Gasteiger partial charge >= 0.3 is 0 Å². The molecule has 0 saturated carbocycles. The molecule has 2 rings (SSSR count). The first-order valence-electron chi connectivity index (χ1n) is 7.32. The quantitative estimate of drug-likeness (QED) is 0.785. The van der Waals surface area contributed by atoms with Gasteiger partial charge in [0.15, 0.2) is 0 Å². The van der Waals surface area contributed by atoms with Crippen LogP contribution in [0.2, 0.25) is 5.02 Å². The minimum Gasteiger partial charge on any atom is -0.496 e. The van der Waals surface area contributed by atoms with Gasteiger partial charge in [-0.05, 0) is 43.3 Å². The second-order valence-electron chi connectivity index (χ2n) is 4.92. The molecule has 2 nitrogen and oxygen atoms in total. The van der Waals surface area contributed by atoms with Crippen molar-refractivity contribution in [1.82, 2.24) is 5.32 Å². The Hall–Kier alpha value is -1.03. The van der Waals surface area contributed by atoms with Crippen LogP contribution >= 0.6 is 22.9 Å². The zero-order chi connectivity index (χ0) is 15.2. The van der Waals surface area contributed by atoms with Crippen LogP contribution in [0, 0.1) is 0 Å². The summed E-state index contributed by atoms with van der Waals surface area (Å²) in [6.07, 6.45) is 2.05. The molecule has 114 valence electrons. The lowest BCUT2D eigenvalue weighted by atomic mass is 10.0. The van der Waals surface area contributed by atoms with Crippen LogP contribution in [0.25, 0.3) is 0 Å². The second-order valence-corrected chi connectivity index (χ2v) is 6.61. The van der Waals surface area contributed by atoms with Gasteiger partial charge in [-0.1, -0.05) is 25.4 Å². The van der Waals surface area contributed by atoms with Gasteiger partial charge in [-0.2, -0.15) is 0 Å². The first kappa shape index (κ1) is 16.3. The molecule has 0 bridgehead atoms. The molecule has 21 heavy (non-hydrogen) atoms. The summed E-state index contributed by atoms with van der Waals surface area (Å²) in [5, 5.41) is 4.29. The molecule has 1 N–H and O–H groups in total. The van der Waals surface area contributed by atoms with Gasteiger partial charge in [0.2, 0.25) is 0 Å². The van der Waals surface area contributed by atoms with E-state index in [9.17, 15) is 0 Å².